The Morgan fingerprint density at radius 1 is 1.17 bits per heavy atom. The first-order valence-corrected chi connectivity index (χ1v) is 11.8. The number of hydrogen-bond donors (Lipinski definition) is 3. The van der Waals surface area contributed by atoms with Crippen LogP contribution in [-0.2, 0) is 11.2 Å². The normalized spacial score (nSPS) is 16.9. The minimum Gasteiger partial charge on any atom is -0.487 e. The number of nitrogen functional groups attached to an aromatic ring is 1. The molecule has 0 radical (unpaired) electrons. The number of amides is 2. The van der Waals surface area contributed by atoms with E-state index in [1.54, 1.807) is 18.3 Å². The molecule has 0 unspecified atom stereocenters. The van der Waals surface area contributed by atoms with Crippen molar-refractivity contribution in [2.75, 3.05) is 48.7 Å². The Hall–Kier alpha value is -4.12. The Morgan fingerprint density at radius 2 is 1.94 bits per heavy atom. The van der Waals surface area contributed by atoms with E-state index in [0.29, 0.717) is 43.2 Å². The summed E-state index contributed by atoms with van der Waals surface area (Å²) in [5.74, 6) is 0.695. The van der Waals surface area contributed by atoms with Crippen LogP contribution in [0.25, 0.3) is 11.5 Å². The molecule has 0 saturated carbocycles. The van der Waals surface area contributed by atoms with Gasteiger partial charge in [0.05, 0.1) is 17.9 Å². The van der Waals surface area contributed by atoms with Gasteiger partial charge >= 0.3 is 0 Å². The molecule has 1 saturated heterocycles. The number of oxazole rings is 1. The highest BCUT2D eigenvalue weighted by atomic mass is 16.5. The van der Waals surface area contributed by atoms with Crippen molar-refractivity contribution in [1.82, 2.24) is 14.9 Å². The van der Waals surface area contributed by atoms with Crippen molar-refractivity contribution in [3.63, 3.8) is 0 Å². The Balaban J connectivity index is 1.40. The van der Waals surface area contributed by atoms with Crippen LogP contribution in [0.2, 0.25) is 0 Å². The molecule has 2 aliphatic rings. The number of rotatable bonds is 6. The number of carbonyl (C=O) groups is 2. The summed E-state index contributed by atoms with van der Waals surface area (Å²) in [6.45, 7) is 7.03. The van der Waals surface area contributed by atoms with Gasteiger partial charge in [-0.1, -0.05) is 0 Å². The fraction of sp³-hybridized carbons (Fsp3) is 0.360. The first-order valence-electron chi connectivity index (χ1n) is 11.8. The molecule has 1 aromatic carbocycles. The molecule has 5 rings (SSSR count). The number of nitrogens with two attached hydrogens (primary N) is 2. The van der Waals surface area contributed by atoms with Gasteiger partial charge in [-0.25, -0.2) is 9.97 Å². The number of fused-ring (bicyclic) bond motifs is 1. The lowest BCUT2D eigenvalue weighted by Crippen LogP contribution is -2.49. The van der Waals surface area contributed by atoms with Crippen molar-refractivity contribution < 1.29 is 18.7 Å². The standard InChI is InChI=1S/C25H29N7O4/c1-25(2)12-16-9-17(19(11-20(16)36-25)32-7-5-31(6-8-32)13-22(27)33)29-23(34)18-14-35-24(30-18)15-3-4-28-21(26)10-15/h3-4,9-11,14H,5-8,12-13H2,1-2H3,(H2,26,28)(H2,27,33)(H,29,34). The van der Waals surface area contributed by atoms with Crippen LogP contribution >= 0.6 is 0 Å². The van der Waals surface area contributed by atoms with Gasteiger partial charge in [0.2, 0.25) is 11.8 Å². The Morgan fingerprint density at radius 3 is 2.67 bits per heavy atom. The number of nitrogens with one attached hydrogen (secondary N) is 1. The molecule has 36 heavy (non-hydrogen) atoms. The minimum atomic E-state index is -0.390. The Labute approximate surface area is 208 Å². The number of nitrogens with zero attached hydrogens (tertiary/aromatic N) is 4. The molecule has 3 aromatic rings. The second-order valence-electron chi connectivity index (χ2n) is 9.71. The van der Waals surface area contributed by atoms with E-state index in [0.717, 1.165) is 23.4 Å². The van der Waals surface area contributed by atoms with E-state index in [9.17, 15) is 9.59 Å². The van der Waals surface area contributed by atoms with Crippen molar-refractivity contribution in [3.8, 4) is 17.2 Å². The number of hydrogen-bond acceptors (Lipinski definition) is 9. The van der Waals surface area contributed by atoms with Gasteiger partial charge in [-0.05, 0) is 32.0 Å². The smallest absolute Gasteiger partial charge is 0.277 e. The SMILES string of the molecule is CC1(C)Cc2cc(NC(=O)c3coc(-c4ccnc(N)c4)n3)c(N3CCN(CC(N)=O)CC3)cc2O1. The molecule has 2 aromatic heterocycles. The van der Waals surface area contributed by atoms with Crippen molar-refractivity contribution in [2.45, 2.75) is 25.9 Å². The van der Waals surface area contributed by atoms with E-state index >= 15 is 0 Å². The number of anilines is 3. The summed E-state index contributed by atoms with van der Waals surface area (Å²) in [6.07, 6.45) is 3.61. The van der Waals surface area contributed by atoms with E-state index in [-0.39, 0.29) is 29.6 Å². The number of aromatic nitrogens is 2. The van der Waals surface area contributed by atoms with Crippen LogP contribution in [0.4, 0.5) is 17.2 Å². The number of pyridine rings is 1. The van der Waals surface area contributed by atoms with Crippen LogP contribution in [0.15, 0.2) is 41.1 Å². The molecule has 2 aliphatic heterocycles. The van der Waals surface area contributed by atoms with Crippen LogP contribution in [-0.4, -0.2) is 65.0 Å². The van der Waals surface area contributed by atoms with Crippen LogP contribution in [0.3, 0.4) is 0 Å². The predicted molar refractivity (Wildman–Crippen MR) is 135 cm³/mol. The zero-order valence-corrected chi connectivity index (χ0v) is 20.3. The highest BCUT2D eigenvalue weighted by Gasteiger charge is 2.32. The first-order chi connectivity index (χ1) is 17.2. The topological polar surface area (TPSA) is 153 Å². The van der Waals surface area contributed by atoms with Crippen LogP contribution in [0, 0.1) is 0 Å². The fourth-order valence-corrected chi connectivity index (χ4v) is 4.65. The lowest BCUT2D eigenvalue weighted by atomic mass is 10.0. The molecule has 5 N–H and O–H groups in total. The molecule has 0 atom stereocenters. The van der Waals surface area contributed by atoms with Gasteiger partial charge in [-0.2, -0.15) is 0 Å². The maximum absolute atomic E-state index is 13.2. The number of carbonyl (C=O) groups excluding carboxylic acids is 2. The van der Waals surface area contributed by atoms with Gasteiger partial charge in [-0.3, -0.25) is 14.5 Å². The van der Waals surface area contributed by atoms with Crippen molar-refractivity contribution in [2.24, 2.45) is 5.73 Å². The van der Waals surface area contributed by atoms with Crippen LogP contribution in [0.5, 0.6) is 5.75 Å². The van der Waals surface area contributed by atoms with Crippen molar-refractivity contribution in [1.29, 1.82) is 0 Å². The first kappa shape index (κ1) is 23.6. The van der Waals surface area contributed by atoms with Gasteiger partial charge in [0, 0.05) is 56.0 Å². The fourth-order valence-electron chi connectivity index (χ4n) is 4.65. The molecule has 0 spiro atoms. The molecule has 1 fully saturated rings. The van der Waals surface area contributed by atoms with Gasteiger partial charge in [0.1, 0.15) is 23.4 Å². The highest BCUT2D eigenvalue weighted by Crippen LogP contribution is 2.42. The second-order valence-corrected chi connectivity index (χ2v) is 9.71. The van der Waals surface area contributed by atoms with E-state index < -0.39 is 5.91 Å². The lowest BCUT2D eigenvalue weighted by molar-refractivity contribution is -0.119. The van der Waals surface area contributed by atoms with Gasteiger partial charge in [0.25, 0.3) is 5.91 Å². The average Bonchev–Trinajstić information content (AvgIpc) is 3.42. The summed E-state index contributed by atoms with van der Waals surface area (Å²) < 4.78 is 11.7. The predicted octanol–water partition coefficient (Wildman–Crippen LogP) is 1.89. The third-order valence-corrected chi connectivity index (χ3v) is 6.29. The summed E-state index contributed by atoms with van der Waals surface area (Å²) in [5, 5.41) is 3.02. The summed E-state index contributed by atoms with van der Waals surface area (Å²) in [6, 6.07) is 7.29. The molecular formula is C25H29N7O4. The van der Waals surface area contributed by atoms with Gasteiger partial charge < -0.3 is 30.8 Å². The van der Waals surface area contributed by atoms with Crippen molar-refractivity contribution in [3.05, 3.63) is 48.0 Å². The quantitative estimate of drug-likeness (QED) is 0.469. The zero-order valence-electron chi connectivity index (χ0n) is 20.3. The monoisotopic (exact) mass is 491 g/mol. The second kappa shape index (κ2) is 9.15. The Bertz CT molecular complexity index is 1310. The highest BCUT2D eigenvalue weighted by molar-refractivity contribution is 6.05. The number of piperazine rings is 1. The van der Waals surface area contributed by atoms with Crippen molar-refractivity contribution >= 4 is 29.0 Å². The lowest BCUT2D eigenvalue weighted by Gasteiger charge is -2.36. The molecule has 188 valence electrons. The van der Waals surface area contributed by atoms with E-state index in [2.05, 4.69) is 20.2 Å². The summed E-state index contributed by atoms with van der Waals surface area (Å²) in [7, 11) is 0. The third kappa shape index (κ3) is 4.96. The molecule has 0 bridgehead atoms. The van der Waals surface area contributed by atoms with Gasteiger partial charge in [-0.15, -0.1) is 0 Å². The molecule has 4 heterocycles. The minimum absolute atomic E-state index is 0.148. The third-order valence-electron chi connectivity index (χ3n) is 6.29. The summed E-state index contributed by atoms with van der Waals surface area (Å²) in [4.78, 5) is 37.0. The van der Waals surface area contributed by atoms with Crippen LogP contribution < -0.4 is 26.4 Å². The maximum Gasteiger partial charge on any atom is 0.277 e. The van der Waals surface area contributed by atoms with E-state index in [4.69, 9.17) is 20.6 Å². The number of ether oxygens (including phenoxy) is 1. The molecule has 2 amide bonds. The summed E-state index contributed by atoms with van der Waals surface area (Å²) in [5.41, 5.74) is 14.1. The largest absolute Gasteiger partial charge is 0.487 e. The van der Waals surface area contributed by atoms with Gasteiger partial charge in [0.15, 0.2) is 5.69 Å². The maximum atomic E-state index is 13.2. The summed E-state index contributed by atoms with van der Waals surface area (Å²) >= 11 is 0. The molecule has 11 heteroatoms. The molecular weight excluding hydrogens is 462 g/mol. The zero-order chi connectivity index (χ0) is 25.4. The Kier molecular flexibility index (Phi) is 6.00. The van der Waals surface area contributed by atoms with E-state index in [1.807, 2.05) is 30.9 Å². The molecule has 0 aliphatic carbocycles. The number of benzene rings is 1. The van der Waals surface area contributed by atoms with E-state index in [1.165, 1.54) is 6.26 Å². The average molecular weight is 492 g/mol. The molecule has 11 nitrogen and oxygen atoms in total. The van der Waals surface area contributed by atoms with Crippen LogP contribution in [0.1, 0.15) is 29.9 Å². The number of primary amides is 1.